The number of aryl methyl sites for hydroxylation is 2. The van der Waals surface area contributed by atoms with Crippen molar-refractivity contribution < 1.29 is 14.6 Å². The molecule has 1 heterocycles. The molecule has 0 aliphatic carbocycles. The minimum Gasteiger partial charge on any atom is -0.494 e. The normalized spacial score (nSPS) is 10.4. The molecule has 2 aromatic rings. The molecule has 4 nitrogen and oxygen atoms in total. The van der Waals surface area contributed by atoms with Crippen LogP contribution in [0.3, 0.4) is 0 Å². The lowest BCUT2D eigenvalue weighted by molar-refractivity contribution is -0.136. The quantitative estimate of drug-likeness (QED) is 0.882. The summed E-state index contributed by atoms with van der Waals surface area (Å²) in [7, 11) is 0. The summed E-state index contributed by atoms with van der Waals surface area (Å²) in [6.45, 7) is 4.51. The van der Waals surface area contributed by atoms with E-state index >= 15 is 0 Å². The molecule has 0 bridgehead atoms. The molecule has 0 radical (unpaired) electrons. The molecule has 1 N–H and O–H groups in total. The standard InChI is InChI=1S/C17H19NO3/c1-3-21-15-8-4-14(5-9-15)16-10-6-13(12(2)18-16)7-11-17(19)20/h4-6,8-10H,3,7,11H2,1-2H3,(H,19,20). The molecule has 2 rings (SSSR count). The van der Waals surface area contributed by atoms with E-state index in [1.165, 1.54) is 0 Å². The first-order valence-corrected chi connectivity index (χ1v) is 7.01. The Hall–Kier alpha value is -2.36. The lowest BCUT2D eigenvalue weighted by atomic mass is 10.1. The Labute approximate surface area is 124 Å². The molecule has 0 spiro atoms. The molecule has 21 heavy (non-hydrogen) atoms. The fourth-order valence-corrected chi connectivity index (χ4v) is 2.15. The summed E-state index contributed by atoms with van der Waals surface area (Å²) in [4.78, 5) is 15.2. The number of aromatic nitrogens is 1. The van der Waals surface area contributed by atoms with Crippen molar-refractivity contribution in [3.05, 3.63) is 47.7 Å². The van der Waals surface area contributed by atoms with E-state index < -0.39 is 5.97 Å². The zero-order chi connectivity index (χ0) is 15.2. The van der Waals surface area contributed by atoms with Gasteiger partial charge in [0.05, 0.1) is 12.3 Å². The van der Waals surface area contributed by atoms with Crippen LogP contribution in [0.25, 0.3) is 11.3 Å². The first-order valence-electron chi connectivity index (χ1n) is 7.01. The van der Waals surface area contributed by atoms with Gasteiger partial charge >= 0.3 is 5.97 Å². The Morgan fingerprint density at radius 3 is 2.48 bits per heavy atom. The number of ether oxygens (including phenoxy) is 1. The minimum absolute atomic E-state index is 0.130. The molecule has 0 atom stereocenters. The fourth-order valence-electron chi connectivity index (χ4n) is 2.15. The van der Waals surface area contributed by atoms with E-state index in [2.05, 4.69) is 4.98 Å². The van der Waals surface area contributed by atoms with Gasteiger partial charge in [-0.2, -0.15) is 0 Å². The van der Waals surface area contributed by atoms with Gasteiger partial charge < -0.3 is 9.84 Å². The van der Waals surface area contributed by atoms with Crippen LogP contribution in [0, 0.1) is 6.92 Å². The topological polar surface area (TPSA) is 59.4 Å². The molecule has 1 aromatic carbocycles. The largest absolute Gasteiger partial charge is 0.494 e. The molecule has 0 amide bonds. The van der Waals surface area contributed by atoms with Crippen molar-refractivity contribution >= 4 is 5.97 Å². The number of aliphatic carboxylic acids is 1. The number of carboxylic acids is 1. The molecule has 0 saturated carbocycles. The van der Waals surface area contributed by atoms with Gasteiger partial charge in [-0.25, -0.2) is 0 Å². The molecule has 110 valence electrons. The van der Waals surface area contributed by atoms with Gasteiger partial charge in [0.1, 0.15) is 5.75 Å². The highest BCUT2D eigenvalue weighted by Crippen LogP contribution is 2.22. The molecule has 4 heteroatoms. The molecular formula is C17H19NO3. The van der Waals surface area contributed by atoms with E-state index in [9.17, 15) is 4.79 Å². The van der Waals surface area contributed by atoms with Crippen LogP contribution in [-0.2, 0) is 11.2 Å². The van der Waals surface area contributed by atoms with E-state index in [0.717, 1.165) is 28.3 Å². The summed E-state index contributed by atoms with van der Waals surface area (Å²) in [6, 6.07) is 11.7. The highest BCUT2D eigenvalue weighted by Gasteiger charge is 2.06. The third kappa shape index (κ3) is 4.05. The first kappa shape index (κ1) is 15.0. The van der Waals surface area contributed by atoms with E-state index in [-0.39, 0.29) is 6.42 Å². The molecule has 1 aromatic heterocycles. The Bertz CT molecular complexity index is 620. The Morgan fingerprint density at radius 1 is 1.19 bits per heavy atom. The Morgan fingerprint density at radius 2 is 1.90 bits per heavy atom. The lowest BCUT2D eigenvalue weighted by Gasteiger charge is -2.08. The van der Waals surface area contributed by atoms with Crippen molar-refractivity contribution in [2.45, 2.75) is 26.7 Å². The third-order valence-corrected chi connectivity index (χ3v) is 3.26. The first-order chi connectivity index (χ1) is 10.1. The zero-order valence-electron chi connectivity index (χ0n) is 12.3. The number of pyridine rings is 1. The van der Waals surface area contributed by atoms with Gasteiger partial charge in [-0.1, -0.05) is 6.07 Å². The van der Waals surface area contributed by atoms with Gasteiger partial charge in [-0.15, -0.1) is 0 Å². The number of rotatable bonds is 6. The fraction of sp³-hybridized carbons (Fsp3) is 0.294. The summed E-state index contributed by atoms with van der Waals surface area (Å²) in [5.41, 5.74) is 3.76. The van der Waals surface area contributed by atoms with Crippen molar-refractivity contribution in [3.63, 3.8) is 0 Å². The number of nitrogens with zero attached hydrogens (tertiary/aromatic N) is 1. The van der Waals surface area contributed by atoms with Gasteiger partial charge in [0.15, 0.2) is 0 Å². The van der Waals surface area contributed by atoms with Gasteiger partial charge in [0.25, 0.3) is 0 Å². The van der Waals surface area contributed by atoms with Gasteiger partial charge in [0, 0.05) is 17.7 Å². The van der Waals surface area contributed by atoms with Crippen molar-refractivity contribution in [3.8, 4) is 17.0 Å². The van der Waals surface area contributed by atoms with E-state index in [0.29, 0.717) is 13.0 Å². The summed E-state index contributed by atoms with van der Waals surface area (Å²) < 4.78 is 5.42. The maximum absolute atomic E-state index is 10.6. The number of hydrogen-bond acceptors (Lipinski definition) is 3. The lowest BCUT2D eigenvalue weighted by Crippen LogP contribution is -2.00. The van der Waals surface area contributed by atoms with Crippen LogP contribution in [0.2, 0.25) is 0 Å². The van der Waals surface area contributed by atoms with E-state index in [1.807, 2.05) is 50.2 Å². The predicted molar refractivity (Wildman–Crippen MR) is 81.5 cm³/mol. The van der Waals surface area contributed by atoms with Crippen LogP contribution in [0.4, 0.5) is 0 Å². The average Bonchev–Trinajstić information content (AvgIpc) is 2.47. The van der Waals surface area contributed by atoms with Gasteiger partial charge in [-0.3, -0.25) is 9.78 Å². The monoisotopic (exact) mass is 285 g/mol. The summed E-state index contributed by atoms with van der Waals surface area (Å²) in [5.74, 6) is 0.0565. The van der Waals surface area contributed by atoms with Crippen molar-refractivity contribution in [2.24, 2.45) is 0 Å². The Balaban J connectivity index is 2.17. The molecule has 0 unspecified atom stereocenters. The molecule has 0 aliphatic heterocycles. The Kier molecular flexibility index (Phi) is 4.93. The summed E-state index contributed by atoms with van der Waals surface area (Å²) in [5, 5.41) is 8.74. The van der Waals surface area contributed by atoms with Crippen molar-refractivity contribution in [1.29, 1.82) is 0 Å². The second-order valence-electron chi connectivity index (χ2n) is 4.79. The smallest absolute Gasteiger partial charge is 0.303 e. The number of carboxylic acid groups (broad SMARTS) is 1. The number of hydrogen-bond donors (Lipinski definition) is 1. The second kappa shape index (κ2) is 6.88. The van der Waals surface area contributed by atoms with Gasteiger partial charge in [-0.05, 0) is 56.2 Å². The average molecular weight is 285 g/mol. The SMILES string of the molecule is CCOc1ccc(-c2ccc(CCC(=O)O)c(C)n2)cc1. The summed E-state index contributed by atoms with van der Waals surface area (Å²) >= 11 is 0. The molecule has 0 saturated heterocycles. The van der Waals surface area contributed by atoms with E-state index in [4.69, 9.17) is 9.84 Å². The van der Waals surface area contributed by atoms with Crippen LogP contribution in [0.15, 0.2) is 36.4 Å². The molecule has 0 aliphatic rings. The van der Waals surface area contributed by atoms with Crippen LogP contribution in [-0.4, -0.2) is 22.7 Å². The highest BCUT2D eigenvalue weighted by molar-refractivity contribution is 5.67. The maximum Gasteiger partial charge on any atom is 0.303 e. The molecule has 0 fully saturated rings. The van der Waals surface area contributed by atoms with Crippen LogP contribution < -0.4 is 4.74 Å². The minimum atomic E-state index is -0.787. The van der Waals surface area contributed by atoms with Gasteiger partial charge in [0.2, 0.25) is 0 Å². The number of benzene rings is 1. The van der Waals surface area contributed by atoms with Crippen LogP contribution in [0.5, 0.6) is 5.75 Å². The molecular weight excluding hydrogens is 266 g/mol. The third-order valence-electron chi connectivity index (χ3n) is 3.26. The predicted octanol–water partition coefficient (Wildman–Crippen LogP) is 3.47. The number of carbonyl (C=O) groups is 1. The van der Waals surface area contributed by atoms with E-state index in [1.54, 1.807) is 0 Å². The second-order valence-corrected chi connectivity index (χ2v) is 4.79. The highest BCUT2D eigenvalue weighted by atomic mass is 16.5. The summed E-state index contributed by atoms with van der Waals surface area (Å²) in [6.07, 6.45) is 0.642. The van der Waals surface area contributed by atoms with Crippen molar-refractivity contribution in [1.82, 2.24) is 4.98 Å². The maximum atomic E-state index is 10.6. The zero-order valence-corrected chi connectivity index (χ0v) is 12.3. The van der Waals surface area contributed by atoms with Crippen molar-refractivity contribution in [2.75, 3.05) is 6.61 Å². The van der Waals surface area contributed by atoms with Crippen LogP contribution >= 0.6 is 0 Å². The van der Waals surface area contributed by atoms with Crippen LogP contribution in [0.1, 0.15) is 24.6 Å².